The van der Waals surface area contributed by atoms with Gasteiger partial charge >= 0.3 is 0 Å². The number of anilines is 1. The summed E-state index contributed by atoms with van der Waals surface area (Å²) >= 11 is 0. The summed E-state index contributed by atoms with van der Waals surface area (Å²) in [5, 5.41) is 2.61. The SMILES string of the molecule is CC[C@@H](C(=O)NC)N(Cc1cccc(OC)c1)C(=O)CN(c1ccccc1)S(=O)(=O)c1ccccc1. The van der Waals surface area contributed by atoms with Crippen LogP contribution in [0.1, 0.15) is 18.9 Å². The third-order valence-electron chi connectivity index (χ3n) is 5.77. The molecule has 9 heteroatoms. The number of rotatable bonds is 11. The number of hydrogen-bond donors (Lipinski definition) is 1. The smallest absolute Gasteiger partial charge is 0.264 e. The lowest BCUT2D eigenvalue weighted by atomic mass is 10.1. The Morgan fingerprint density at radius 2 is 1.58 bits per heavy atom. The summed E-state index contributed by atoms with van der Waals surface area (Å²) in [4.78, 5) is 28.0. The summed E-state index contributed by atoms with van der Waals surface area (Å²) < 4.78 is 33.6. The molecule has 0 aromatic heterocycles. The molecule has 0 unspecified atom stereocenters. The minimum absolute atomic E-state index is 0.0688. The van der Waals surface area contributed by atoms with E-state index in [2.05, 4.69) is 5.32 Å². The van der Waals surface area contributed by atoms with E-state index in [-0.39, 0.29) is 17.3 Å². The standard InChI is InChI=1S/C27H31N3O5S/c1-4-25(27(32)28-2)29(19-21-12-11-15-23(18-21)35-3)26(31)20-30(22-13-7-5-8-14-22)36(33,34)24-16-9-6-10-17-24/h5-18,25H,4,19-20H2,1-3H3,(H,28,32)/t25-/m0/s1. The van der Waals surface area contributed by atoms with Crippen molar-refractivity contribution in [3.05, 3.63) is 90.5 Å². The fourth-order valence-corrected chi connectivity index (χ4v) is 5.33. The lowest BCUT2D eigenvalue weighted by Crippen LogP contribution is -2.51. The first-order valence-corrected chi connectivity index (χ1v) is 13.0. The van der Waals surface area contributed by atoms with Crippen molar-refractivity contribution in [1.29, 1.82) is 0 Å². The third-order valence-corrected chi connectivity index (χ3v) is 7.56. The van der Waals surface area contributed by atoms with Crippen molar-refractivity contribution >= 4 is 27.5 Å². The molecule has 0 aliphatic heterocycles. The Hall–Kier alpha value is -3.85. The highest BCUT2D eigenvalue weighted by Gasteiger charge is 2.33. The summed E-state index contributed by atoms with van der Waals surface area (Å²) in [5.74, 6) is -0.215. The van der Waals surface area contributed by atoms with Gasteiger partial charge in [-0.3, -0.25) is 13.9 Å². The number of carbonyl (C=O) groups excluding carboxylic acids is 2. The van der Waals surface area contributed by atoms with Gasteiger partial charge < -0.3 is 15.0 Å². The fraction of sp³-hybridized carbons (Fsp3) is 0.259. The van der Waals surface area contributed by atoms with Gasteiger partial charge in [0.15, 0.2) is 0 Å². The summed E-state index contributed by atoms with van der Waals surface area (Å²) in [5.41, 5.74) is 1.10. The van der Waals surface area contributed by atoms with E-state index >= 15 is 0 Å². The van der Waals surface area contributed by atoms with E-state index in [1.54, 1.807) is 80.8 Å². The average Bonchev–Trinajstić information content (AvgIpc) is 2.92. The molecule has 0 heterocycles. The topological polar surface area (TPSA) is 96.0 Å². The van der Waals surface area contributed by atoms with Gasteiger partial charge in [-0.25, -0.2) is 8.42 Å². The average molecular weight is 510 g/mol. The highest BCUT2D eigenvalue weighted by Crippen LogP contribution is 2.25. The van der Waals surface area contributed by atoms with Gasteiger partial charge in [0.25, 0.3) is 10.0 Å². The summed E-state index contributed by atoms with van der Waals surface area (Å²) in [6, 6.07) is 22.8. The van der Waals surface area contributed by atoms with Crippen LogP contribution in [0.5, 0.6) is 5.75 Å². The van der Waals surface area contributed by atoms with E-state index in [0.29, 0.717) is 17.9 Å². The normalized spacial score (nSPS) is 11.9. The first-order chi connectivity index (χ1) is 17.3. The van der Waals surface area contributed by atoms with E-state index < -0.39 is 28.5 Å². The fourth-order valence-electron chi connectivity index (χ4n) is 3.90. The third kappa shape index (κ3) is 6.23. The van der Waals surface area contributed by atoms with Gasteiger partial charge in [0.1, 0.15) is 18.3 Å². The van der Waals surface area contributed by atoms with E-state index in [1.807, 2.05) is 6.07 Å². The first-order valence-electron chi connectivity index (χ1n) is 11.6. The molecule has 190 valence electrons. The predicted octanol–water partition coefficient (Wildman–Crippen LogP) is 3.44. The molecule has 3 aromatic rings. The van der Waals surface area contributed by atoms with Crippen LogP contribution in [0, 0.1) is 0 Å². The maximum atomic E-state index is 13.8. The van der Waals surface area contributed by atoms with Crippen molar-refractivity contribution in [2.45, 2.75) is 30.8 Å². The van der Waals surface area contributed by atoms with Gasteiger partial charge in [-0.2, -0.15) is 0 Å². The number of ether oxygens (including phenoxy) is 1. The molecule has 1 atom stereocenters. The minimum atomic E-state index is -4.06. The number of benzene rings is 3. The molecule has 0 radical (unpaired) electrons. The first kappa shape index (κ1) is 26.7. The number of nitrogens with zero attached hydrogens (tertiary/aromatic N) is 2. The molecule has 36 heavy (non-hydrogen) atoms. The second-order valence-electron chi connectivity index (χ2n) is 8.07. The largest absolute Gasteiger partial charge is 0.497 e. The van der Waals surface area contributed by atoms with Crippen molar-refractivity contribution in [1.82, 2.24) is 10.2 Å². The monoisotopic (exact) mass is 509 g/mol. The number of sulfonamides is 1. The maximum absolute atomic E-state index is 13.8. The molecule has 8 nitrogen and oxygen atoms in total. The van der Waals surface area contributed by atoms with Crippen LogP contribution in [-0.4, -0.2) is 51.9 Å². The Bertz CT molecular complexity index is 1270. The highest BCUT2D eigenvalue weighted by molar-refractivity contribution is 7.92. The highest BCUT2D eigenvalue weighted by atomic mass is 32.2. The summed E-state index contributed by atoms with van der Waals surface area (Å²) in [6.07, 6.45) is 0.353. The number of likely N-dealkylation sites (N-methyl/N-ethyl adjacent to an activating group) is 1. The lowest BCUT2D eigenvalue weighted by Gasteiger charge is -2.33. The molecule has 2 amide bonds. The van der Waals surface area contributed by atoms with Crippen molar-refractivity contribution < 1.29 is 22.7 Å². The molecule has 0 spiro atoms. The molecular formula is C27H31N3O5S. The molecular weight excluding hydrogens is 478 g/mol. The van der Waals surface area contributed by atoms with E-state index in [9.17, 15) is 18.0 Å². The van der Waals surface area contributed by atoms with Gasteiger partial charge in [-0.15, -0.1) is 0 Å². The molecule has 0 aliphatic carbocycles. The van der Waals surface area contributed by atoms with Crippen LogP contribution >= 0.6 is 0 Å². The van der Waals surface area contributed by atoms with Gasteiger partial charge in [0, 0.05) is 13.6 Å². The van der Waals surface area contributed by atoms with Gasteiger partial charge in [0.05, 0.1) is 17.7 Å². The molecule has 0 saturated heterocycles. The van der Waals surface area contributed by atoms with Crippen molar-refractivity contribution in [3.63, 3.8) is 0 Å². The Morgan fingerprint density at radius 1 is 0.944 bits per heavy atom. The second kappa shape index (κ2) is 12.2. The zero-order chi connectivity index (χ0) is 26.1. The van der Waals surface area contributed by atoms with Crippen LogP contribution in [0.4, 0.5) is 5.69 Å². The van der Waals surface area contributed by atoms with Crippen molar-refractivity contribution in [2.75, 3.05) is 25.0 Å². The number of para-hydroxylation sites is 1. The van der Waals surface area contributed by atoms with E-state index in [0.717, 1.165) is 9.87 Å². The van der Waals surface area contributed by atoms with E-state index in [4.69, 9.17) is 4.74 Å². The molecule has 1 N–H and O–H groups in total. The van der Waals surface area contributed by atoms with Gasteiger partial charge in [-0.05, 0) is 48.4 Å². The van der Waals surface area contributed by atoms with Crippen LogP contribution in [0.2, 0.25) is 0 Å². The Balaban J connectivity index is 2.02. The quantitative estimate of drug-likeness (QED) is 0.427. The molecule has 3 aromatic carbocycles. The number of nitrogens with one attached hydrogen (secondary N) is 1. The lowest BCUT2D eigenvalue weighted by molar-refractivity contribution is -0.140. The van der Waals surface area contributed by atoms with Crippen LogP contribution in [0.3, 0.4) is 0 Å². The number of carbonyl (C=O) groups is 2. The zero-order valence-corrected chi connectivity index (χ0v) is 21.4. The van der Waals surface area contributed by atoms with Crippen LogP contribution < -0.4 is 14.4 Å². The van der Waals surface area contributed by atoms with E-state index in [1.165, 1.54) is 24.1 Å². The summed E-state index contributed by atoms with van der Waals surface area (Å²) in [6.45, 7) is 1.44. The number of amides is 2. The van der Waals surface area contributed by atoms with Gasteiger partial charge in [-0.1, -0.05) is 55.5 Å². The van der Waals surface area contributed by atoms with Crippen LogP contribution in [0.25, 0.3) is 0 Å². The zero-order valence-electron chi connectivity index (χ0n) is 20.6. The molecule has 0 fully saturated rings. The Morgan fingerprint density at radius 3 is 2.17 bits per heavy atom. The van der Waals surface area contributed by atoms with Crippen LogP contribution in [0.15, 0.2) is 89.8 Å². The molecule has 0 saturated carbocycles. The van der Waals surface area contributed by atoms with Crippen molar-refractivity contribution in [2.24, 2.45) is 0 Å². The Labute approximate surface area is 212 Å². The summed E-state index contributed by atoms with van der Waals surface area (Å²) in [7, 11) is -1.00. The minimum Gasteiger partial charge on any atom is -0.497 e. The molecule has 0 aliphatic rings. The predicted molar refractivity (Wildman–Crippen MR) is 139 cm³/mol. The van der Waals surface area contributed by atoms with Crippen LogP contribution in [-0.2, 0) is 26.2 Å². The second-order valence-corrected chi connectivity index (χ2v) is 9.93. The number of methoxy groups -OCH3 is 1. The maximum Gasteiger partial charge on any atom is 0.264 e. The number of hydrogen-bond acceptors (Lipinski definition) is 5. The molecule has 0 bridgehead atoms. The van der Waals surface area contributed by atoms with Gasteiger partial charge in [0.2, 0.25) is 11.8 Å². The molecule has 3 rings (SSSR count). The Kier molecular flexibility index (Phi) is 9.08. The van der Waals surface area contributed by atoms with Crippen molar-refractivity contribution in [3.8, 4) is 5.75 Å².